The van der Waals surface area contributed by atoms with Crippen LogP contribution in [0.2, 0.25) is 0 Å². The molecule has 0 saturated heterocycles. The van der Waals surface area contributed by atoms with Crippen molar-refractivity contribution in [3.8, 4) is 10.6 Å². The lowest BCUT2D eigenvalue weighted by molar-refractivity contribution is 0.574. The lowest BCUT2D eigenvalue weighted by Gasteiger charge is -2.06. The van der Waals surface area contributed by atoms with Gasteiger partial charge in [0.1, 0.15) is 4.21 Å². The van der Waals surface area contributed by atoms with E-state index in [-0.39, 0.29) is 6.04 Å². The minimum atomic E-state index is -3.45. The van der Waals surface area contributed by atoms with Crippen LogP contribution in [0, 0.1) is 6.92 Å². The molecule has 0 aliphatic rings. The maximum atomic E-state index is 12.1. The van der Waals surface area contributed by atoms with Crippen molar-refractivity contribution >= 4 is 32.7 Å². The summed E-state index contributed by atoms with van der Waals surface area (Å²) >= 11 is 2.78. The summed E-state index contributed by atoms with van der Waals surface area (Å²) in [5.41, 5.74) is 6.43. The zero-order valence-electron chi connectivity index (χ0n) is 11.3. The van der Waals surface area contributed by atoms with Crippen molar-refractivity contribution in [1.82, 2.24) is 9.71 Å². The Kier molecular flexibility index (Phi) is 4.92. The summed E-state index contributed by atoms with van der Waals surface area (Å²) in [6, 6.07) is 3.39. The van der Waals surface area contributed by atoms with Crippen molar-refractivity contribution in [3.05, 3.63) is 22.5 Å². The third-order valence-electron chi connectivity index (χ3n) is 2.61. The van der Waals surface area contributed by atoms with Crippen LogP contribution in [-0.4, -0.2) is 26.0 Å². The van der Waals surface area contributed by atoms with Gasteiger partial charge in [-0.25, -0.2) is 18.1 Å². The fraction of sp³-hybridized carbons (Fsp3) is 0.417. The first kappa shape index (κ1) is 15.6. The summed E-state index contributed by atoms with van der Waals surface area (Å²) in [6.45, 7) is 4.13. The van der Waals surface area contributed by atoms with Gasteiger partial charge in [-0.3, -0.25) is 0 Å². The van der Waals surface area contributed by atoms with Crippen LogP contribution in [0.5, 0.6) is 0 Å². The molecule has 0 aliphatic carbocycles. The SMILES string of the molecule is Cc1nc(-c2ccc(S(=O)(=O)NCCC(C)N)s2)cs1. The molecule has 1 atom stereocenters. The summed E-state index contributed by atoms with van der Waals surface area (Å²) in [4.78, 5) is 5.22. The molecule has 2 rings (SSSR count). The smallest absolute Gasteiger partial charge is 0.250 e. The van der Waals surface area contributed by atoms with Gasteiger partial charge in [0.15, 0.2) is 0 Å². The first-order chi connectivity index (χ1) is 9.38. The average Bonchev–Trinajstić information content (AvgIpc) is 2.96. The molecule has 3 N–H and O–H groups in total. The third kappa shape index (κ3) is 3.86. The van der Waals surface area contributed by atoms with Gasteiger partial charge in [0.2, 0.25) is 10.0 Å². The van der Waals surface area contributed by atoms with Crippen molar-refractivity contribution < 1.29 is 8.42 Å². The molecule has 0 aliphatic heterocycles. The number of thiophene rings is 1. The summed E-state index contributed by atoms with van der Waals surface area (Å²) < 4.78 is 27.1. The van der Waals surface area contributed by atoms with Gasteiger partial charge in [0.05, 0.1) is 15.6 Å². The normalized spacial score (nSPS) is 13.6. The van der Waals surface area contributed by atoms with Crippen LogP contribution in [-0.2, 0) is 10.0 Å². The van der Waals surface area contributed by atoms with Crippen LogP contribution in [0.4, 0.5) is 0 Å². The molecule has 0 amide bonds. The zero-order valence-corrected chi connectivity index (χ0v) is 13.7. The molecule has 0 spiro atoms. The second-order valence-corrected chi connectivity index (χ2v) is 8.67. The maximum absolute atomic E-state index is 12.1. The predicted molar refractivity (Wildman–Crippen MR) is 83.6 cm³/mol. The number of aromatic nitrogens is 1. The molecule has 110 valence electrons. The lowest BCUT2D eigenvalue weighted by atomic mass is 10.3. The highest BCUT2D eigenvalue weighted by atomic mass is 32.2. The van der Waals surface area contributed by atoms with Crippen LogP contribution in [0.3, 0.4) is 0 Å². The van der Waals surface area contributed by atoms with Gasteiger partial charge in [0, 0.05) is 18.0 Å². The Morgan fingerprint density at radius 3 is 2.80 bits per heavy atom. The third-order valence-corrected chi connectivity index (χ3v) is 6.44. The van der Waals surface area contributed by atoms with Crippen LogP contribution < -0.4 is 10.5 Å². The molecular weight excluding hydrogens is 314 g/mol. The molecule has 0 bridgehead atoms. The number of nitrogens with two attached hydrogens (primary N) is 1. The van der Waals surface area contributed by atoms with Gasteiger partial charge < -0.3 is 5.73 Å². The van der Waals surface area contributed by atoms with Gasteiger partial charge in [-0.15, -0.1) is 22.7 Å². The zero-order chi connectivity index (χ0) is 14.8. The minimum absolute atomic E-state index is 0.0189. The monoisotopic (exact) mass is 331 g/mol. The topological polar surface area (TPSA) is 85.1 Å². The fourth-order valence-electron chi connectivity index (χ4n) is 1.57. The lowest BCUT2D eigenvalue weighted by Crippen LogP contribution is -2.28. The number of hydrogen-bond donors (Lipinski definition) is 2. The van der Waals surface area contributed by atoms with E-state index in [0.29, 0.717) is 17.2 Å². The second kappa shape index (κ2) is 6.31. The van der Waals surface area contributed by atoms with Gasteiger partial charge in [-0.05, 0) is 32.4 Å². The Bertz CT molecular complexity index is 674. The van der Waals surface area contributed by atoms with E-state index in [9.17, 15) is 8.42 Å². The van der Waals surface area contributed by atoms with Gasteiger partial charge in [0.25, 0.3) is 0 Å². The average molecular weight is 331 g/mol. The second-order valence-electron chi connectivity index (χ2n) is 4.53. The maximum Gasteiger partial charge on any atom is 0.250 e. The van der Waals surface area contributed by atoms with E-state index in [0.717, 1.165) is 15.6 Å². The Morgan fingerprint density at radius 1 is 1.45 bits per heavy atom. The summed E-state index contributed by atoms with van der Waals surface area (Å²) in [6.07, 6.45) is 0.614. The highest BCUT2D eigenvalue weighted by molar-refractivity contribution is 7.91. The van der Waals surface area contributed by atoms with E-state index < -0.39 is 10.0 Å². The molecule has 0 fully saturated rings. The molecule has 8 heteroatoms. The standard InChI is InChI=1S/C12H17N3O2S3/c1-8(13)5-6-14-20(16,17)12-4-3-11(19-12)10-7-18-9(2)15-10/h3-4,7-8,14H,5-6,13H2,1-2H3. The summed E-state index contributed by atoms with van der Waals surface area (Å²) in [7, 11) is -3.45. The number of aryl methyl sites for hydroxylation is 1. The Hall–Kier alpha value is -0.800. The number of nitrogens with one attached hydrogen (secondary N) is 1. The first-order valence-electron chi connectivity index (χ1n) is 6.16. The number of nitrogens with zero attached hydrogens (tertiary/aromatic N) is 1. The van der Waals surface area contributed by atoms with E-state index in [1.807, 2.05) is 19.2 Å². The van der Waals surface area contributed by atoms with Crippen molar-refractivity contribution in [2.45, 2.75) is 30.5 Å². The number of rotatable bonds is 6. The predicted octanol–water partition coefficient (Wildman–Crippen LogP) is 2.20. The van der Waals surface area contributed by atoms with Crippen LogP contribution >= 0.6 is 22.7 Å². The van der Waals surface area contributed by atoms with Gasteiger partial charge >= 0.3 is 0 Å². The molecule has 0 saturated carbocycles. The fourth-order valence-corrected chi connectivity index (χ4v) is 4.62. The molecule has 2 heterocycles. The molecule has 0 aromatic carbocycles. The molecule has 5 nitrogen and oxygen atoms in total. The molecule has 20 heavy (non-hydrogen) atoms. The highest BCUT2D eigenvalue weighted by Crippen LogP contribution is 2.31. The minimum Gasteiger partial charge on any atom is -0.328 e. The van der Waals surface area contributed by atoms with Crippen molar-refractivity contribution in [2.24, 2.45) is 5.73 Å². The van der Waals surface area contributed by atoms with Gasteiger partial charge in [-0.2, -0.15) is 0 Å². The van der Waals surface area contributed by atoms with Crippen molar-refractivity contribution in [2.75, 3.05) is 6.54 Å². The molecule has 1 unspecified atom stereocenters. The van der Waals surface area contributed by atoms with Gasteiger partial charge in [-0.1, -0.05) is 0 Å². The number of sulfonamides is 1. The Labute approximate surface area is 126 Å². The highest BCUT2D eigenvalue weighted by Gasteiger charge is 2.17. The number of hydrogen-bond acceptors (Lipinski definition) is 6. The van der Waals surface area contributed by atoms with E-state index in [1.165, 1.54) is 11.3 Å². The van der Waals surface area contributed by atoms with Crippen molar-refractivity contribution in [3.63, 3.8) is 0 Å². The summed E-state index contributed by atoms with van der Waals surface area (Å²) in [5, 5.41) is 2.90. The van der Waals surface area contributed by atoms with E-state index in [2.05, 4.69) is 9.71 Å². The van der Waals surface area contributed by atoms with E-state index in [4.69, 9.17) is 5.73 Å². The Morgan fingerprint density at radius 2 is 2.20 bits per heavy atom. The van der Waals surface area contributed by atoms with E-state index >= 15 is 0 Å². The van der Waals surface area contributed by atoms with Crippen molar-refractivity contribution in [1.29, 1.82) is 0 Å². The molecule has 2 aromatic rings. The van der Waals surface area contributed by atoms with Crippen LogP contribution in [0.25, 0.3) is 10.6 Å². The molecule has 2 aromatic heterocycles. The largest absolute Gasteiger partial charge is 0.328 e. The Balaban J connectivity index is 2.11. The summed E-state index contributed by atoms with van der Waals surface area (Å²) in [5.74, 6) is 0. The molecular formula is C12H17N3O2S3. The van der Waals surface area contributed by atoms with E-state index in [1.54, 1.807) is 23.5 Å². The van der Waals surface area contributed by atoms with Crippen LogP contribution in [0.1, 0.15) is 18.4 Å². The van der Waals surface area contributed by atoms with Crippen LogP contribution in [0.15, 0.2) is 21.7 Å². The quantitative estimate of drug-likeness (QED) is 0.850. The molecule has 0 radical (unpaired) electrons. The first-order valence-corrected chi connectivity index (χ1v) is 9.34. The number of thiazole rings is 1.